The minimum absolute atomic E-state index is 0.0506. The third kappa shape index (κ3) is 4.64. The second-order valence-corrected chi connectivity index (χ2v) is 8.59. The zero-order valence-corrected chi connectivity index (χ0v) is 15.9. The van der Waals surface area contributed by atoms with Gasteiger partial charge in [0.05, 0.1) is 5.69 Å². The van der Waals surface area contributed by atoms with Gasteiger partial charge in [0.25, 0.3) is 5.56 Å². The van der Waals surface area contributed by atoms with E-state index in [-0.39, 0.29) is 26.9 Å². The predicted octanol–water partition coefficient (Wildman–Crippen LogP) is 2.49. The number of nitrogens with zero attached hydrogens (tertiary/aromatic N) is 2. The first kappa shape index (κ1) is 21.7. The van der Waals surface area contributed by atoms with E-state index in [0.29, 0.717) is 4.57 Å². The molecule has 0 spiro atoms. The minimum Gasteiger partial charge on any atom is -0.323 e. The summed E-state index contributed by atoms with van der Waals surface area (Å²) >= 11 is 11.6. The molecule has 0 saturated carbocycles. The molecule has 0 aliphatic heterocycles. The number of hydrogen-bond donors (Lipinski definition) is 2. The molecule has 13 heteroatoms. The maximum Gasteiger partial charge on any atom is 0.431 e. The molecule has 0 saturated heterocycles. The Bertz CT molecular complexity index is 1040. The first-order valence-corrected chi connectivity index (χ1v) is 9.61. The Kier molecular flexibility index (Phi) is 5.99. The first-order valence-electron chi connectivity index (χ1n) is 7.12. The molecule has 0 radical (unpaired) electrons. The maximum absolute atomic E-state index is 12.9. The highest BCUT2D eigenvalue weighted by atomic mass is 35.5. The Morgan fingerprint density at radius 3 is 2.33 bits per heavy atom. The van der Waals surface area contributed by atoms with Gasteiger partial charge < -0.3 is 9.79 Å². The summed E-state index contributed by atoms with van der Waals surface area (Å²) in [5.74, 6) is 0. The van der Waals surface area contributed by atoms with Crippen molar-refractivity contribution in [2.24, 2.45) is 7.05 Å². The van der Waals surface area contributed by atoms with Crippen molar-refractivity contribution in [3.05, 3.63) is 61.4 Å². The lowest BCUT2D eigenvalue weighted by atomic mass is 10.1. The van der Waals surface area contributed by atoms with Crippen molar-refractivity contribution in [3.8, 4) is 5.69 Å². The van der Waals surface area contributed by atoms with E-state index in [4.69, 9.17) is 33.0 Å². The van der Waals surface area contributed by atoms with Crippen molar-refractivity contribution in [1.82, 2.24) is 9.13 Å². The Balaban J connectivity index is 2.62. The average Bonchev–Trinajstić information content (AvgIpc) is 2.51. The van der Waals surface area contributed by atoms with E-state index >= 15 is 0 Å². The molecule has 7 nitrogen and oxygen atoms in total. The van der Waals surface area contributed by atoms with Gasteiger partial charge >= 0.3 is 19.5 Å². The van der Waals surface area contributed by atoms with E-state index in [1.807, 2.05) is 0 Å². The standard InChI is InChI=1S/C14H12Cl2F3N2O5P/c1-20-10(14(17,18)19)6-12(22)21(13(20)23)8-2-3-9(15)7(4-8)5-11(16)27(24,25)26/h2-4,6,11H,5H2,1H3,(H2,24,25,26). The molecule has 0 aliphatic carbocycles. The molecular weight excluding hydrogens is 435 g/mol. The second-order valence-electron chi connectivity index (χ2n) is 5.55. The zero-order chi connectivity index (χ0) is 20.7. The Labute approximate surface area is 159 Å². The molecule has 1 aromatic heterocycles. The normalized spacial score (nSPS) is 13.6. The topological polar surface area (TPSA) is 102 Å². The lowest BCUT2D eigenvalue weighted by Crippen LogP contribution is -2.40. The van der Waals surface area contributed by atoms with Crippen molar-refractivity contribution in [3.63, 3.8) is 0 Å². The van der Waals surface area contributed by atoms with E-state index in [2.05, 4.69) is 0 Å². The van der Waals surface area contributed by atoms with Crippen LogP contribution in [0.25, 0.3) is 5.69 Å². The van der Waals surface area contributed by atoms with Crippen LogP contribution in [0.2, 0.25) is 5.02 Å². The number of benzene rings is 1. The second kappa shape index (κ2) is 7.44. The van der Waals surface area contributed by atoms with E-state index in [1.165, 1.54) is 12.1 Å². The maximum atomic E-state index is 12.9. The van der Waals surface area contributed by atoms with Crippen LogP contribution in [0.1, 0.15) is 11.3 Å². The highest BCUT2D eigenvalue weighted by Gasteiger charge is 2.35. The third-order valence-electron chi connectivity index (χ3n) is 3.65. The van der Waals surface area contributed by atoms with Crippen LogP contribution < -0.4 is 11.2 Å². The SMILES string of the molecule is Cn1c(C(F)(F)F)cc(=O)n(-c2ccc(Cl)c(CC(Cl)P(=O)(O)O)c2)c1=O. The molecule has 1 atom stereocenters. The lowest BCUT2D eigenvalue weighted by Gasteiger charge is -2.16. The van der Waals surface area contributed by atoms with Crippen LogP contribution in [-0.2, 0) is 24.2 Å². The Morgan fingerprint density at radius 1 is 1.22 bits per heavy atom. The fourth-order valence-electron chi connectivity index (χ4n) is 2.29. The molecule has 148 valence electrons. The van der Waals surface area contributed by atoms with Gasteiger partial charge in [-0.05, 0) is 23.8 Å². The van der Waals surface area contributed by atoms with Crippen molar-refractivity contribution in [2.45, 2.75) is 17.7 Å². The highest BCUT2D eigenvalue weighted by molar-refractivity contribution is 7.54. The Morgan fingerprint density at radius 2 is 1.81 bits per heavy atom. The van der Waals surface area contributed by atoms with Crippen LogP contribution in [0.3, 0.4) is 0 Å². The smallest absolute Gasteiger partial charge is 0.323 e. The van der Waals surface area contributed by atoms with Gasteiger partial charge in [0.15, 0.2) is 0 Å². The summed E-state index contributed by atoms with van der Waals surface area (Å²) in [6.45, 7) is 0. The predicted molar refractivity (Wildman–Crippen MR) is 92.7 cm³/mol. The van der Waals surface area contributed by atoms with Crippen molar-refractivity contribution >= 4 is 30.8 Å². The van der Waals surface area contributed by atoms with Gasteiger partial charge in [-0.15, -0.1) is 11.6 Å². The van der Waals surface area contributed by atoms with Gasteiger partial charge in [-0.3, -0.25) is 13.9 Å². The molecule has 0 bridgehead atoms. The van der Waals surface area contributed by atoms with Gasteiger partial charge in [0.1, 0.15) is 10.8 Å². The minimum atomic E-state index is -4.90. The van der Waals surface area contributed by atoms with E-state index in [9.17, 15) is 27.3 Å². The molecule has 27 heavy (non-hydrogen) atoms. The van der Waals surface area contributed by atoms with E-state index in [0.717, 1.165) is 13.1 Å². The van der Waals surface area contributed by atoms with Crippen LogP contribution >= 0.6 is 30.8 Å². The molecule has 1 aromatic carbocycles. The monoisotopic (exact) mass is 446 g/mol. The number of halogens is 5. The largest absolute Gasteiger partial charge is 0.431 e. The fraction of sp³-hybridized carbons (Fsp3) is 0.286. The van der Waals surface area contributed by atoms with Gasteiger partial charge in [-0.2, -0.15) is 13.2 Å². The average molecular weight is 447 g/mol. The molecule has 2 rings (SSSR count). The van der Waals surface area contributed by atoms with Gasteiger partial charge in [-0.25, -0.2) is 9.36 Å². The third-order valence-corrected chi connectivity index (χ3v) is 5.85. The first-order chi connectivity index (χ1) is 12.2. The summed E-state index contributed by atoms with van der Waals surface area (Å²) in [5.41, 5.74) is -3.91. The number of alkyl halides is 4. The van der Waals surface area contributed by atoms with Crippen LogP contribution in [-0.4, -0.2) is 24.0 Å². The summed E-state index contributed by atoms with van der Waals surface area (Å²) in [6, 6.07) is 3.88. The molecule has 0 amide bonds. The van der Waals surface area contributed by atoms with Crippen LogP contribution in [0, 0.1) is 0 Å². The molecule has 1 unspecified atom stereocenters. The molecule has 0 aliphatic rings. The van der Waals surface area contributed by atoms with Crippen LogP contribution in [0.5, 0.6) is 0 Å². The molecule has 2 N–H and O–H groups in total. The van der Waals surface area contributed by atoms with Crippen molar-refractivity contribution in [1.29, 1.82) is 0 Å². The summed E-state index contributed by atoms with van der Waals surface area (Å²) < 4.78 is 50.6. The number of aromatic nitrogens is 2. The number of hydrogen-bond acceptors (Lipinski definition) is 3. The zero-order valence-electron chi connectivity index (χ0n) is 13.4. The summed E-state index contributed by atoms with van der Waals surface area (Å²) in [4.78, 5) is 42.5. The number of rotatable bonds is 4. The highest BCUT2D eigenvalue weighted by Crippen LogP contribution is 2.45. The van der Waals surface area contributed by atoms with Crippen LogP contribution in [0.4, 0.5) is 13.2 Å². The fourth-order valence-corrected chi connectivity index (χ4v) is 3.09. The van der Waals surface area contributed by atoms with Crippen molar-refractivity contribution < 1.29 is 27.5 Å². The van der Waals surface area contributed by atoms with Crippen LogP contribution in [0.15, 0.2) is 33.9 Å². The molecular formula is C14H12Cl2F3N2O5P. The van der Waals surface area contributed by atoms with Gasteiger partial charge in [0, 0.05) is 24.6 Å². The quantitative estimate of drug-likeness (QED) is 0.554. The van der Waals surface area contributed by atoms with E-state index in [1.54, 1.807) is 0 Å². The summed E-state index contributed by atoms with van der Waals surface area (Å²) in [6.07, 6.45) is -5.29. The van der Waals surface area contributed by atoms with Gasteiger partial charge in [0.2, 0.25) is 0 Å². The Hall–Kier alpha value is -1.58. The molecule has 0 fully saturated rings. The van der Waals surface area contributed by atoms with E-state index < -0.39 is 42.3 Å². The molecule has 2 aromatic rings. The van der Waals surface area contributed by atoms with Gasteiger partial charge in [-0.1, -0.05) is 11.6 Å². The summed E-state index contributed by atoms with van der Waals surface area (Å²) in [5, 5.41) is -1.56. The summed E-state index contributed by atoms with van der Waals surface area (Å²) in [7, 11) is -3.77. The lowest BCUT2D eigenvalue weighted by molar-refractivity contribution is -0.144. The molecule has 1 heterocycles. The van der Waals surface area contributed by atoms with Crippen molar-refractivity contribution in [2.75, 3.05) is 0 Å².